The molecular weight excluding hydrogens is 462 g/mol. The minimum Gasteiger partial charge on any atom is -0.497 e. The molecule has 35 heavy (non-hydrogen) atoms. The van der Waals surface area contributed by atoms with E-state index in [1.54, 1.807) is 14.0 Å². The zero-order chi connectivity index (χ0) is 25.1. The van der Waals surface area contributed by atoms with E-state index in [4.69, 9.17) is 9.47 Å². The number of hydrogen-bond donors (Lipinski definition) is 1. The van der Waals surface area contributed by atoms with Gasteiger partial charge in [0.05, 0.1) is 37.4 Å². The lowest BCUT2D eigenvalue weighted by molar-refractivity contribution is -0.139. The lowest BCUT2D eigenvalue weighted by Crippen LogP contribution is -2.37. The highest BCUT2D eigenvalue weighted by molar-refractivity contribution is 8.16. The van der Waals surface area contributed by atoms with Crippen LogP contribution >= 0.6 is 11.8 Å². The first-order chi connectivity index (χ1) is 16.8. The minimum atomic E-state index is -0.493. The summed E-state index contributed by atoms with van der Waals surface area (Å²) < 4.78 is 10.8. The van der Waals surface area contributed by atoms with Gasteiger partial charge in [0.15, 0.2) is 5.17 Å². The first-order valence-corrected chi connectivity index (χ1v) is 12.3. The summed E-state index contributed by atoms with van der Waals surface area (Å²) in [6.07, 6.45) is 0.133. The van der Waals surface area contributed by atoms with E-state index in [2.05, 4.69) is 10.3 Å². The lowest BCUT2D eigenvalue weighted by Gasteiger charge is -2.36. The van der Waals surface area contributed by atoms with Crippen molar-refractivity contribution >= 4 is 34.5 Å². The van der Waals surface area contributed by atoms with Gasteiger partial charge in [-0.05, 0) is 74.1 Å². The molecule has 2 aliphatic heterocycles. The van der Waals surface area contributed by atoms with E-state index < -0.39 is 12.0 Å². The number of methoxy groups -OCH3 is 1. The average molecular weight is 492 g/mol. The second-order valence-electron chi connectivity index (χ2n) is 8.41. The number of aryl methyl sites for hydroxylation is 2. The molecule has 2 aromatic rings. The second kappa shape index (κ2) is 10.4. The van der Waals surface area contributed by atoms with Gasteiger partial charge in [0.2, 0.25) is 5.91 Å². The number of anilines is 1. The van der Waals surface area contributed by atoms with Gasteiger partial charge in [-0.3, -0.25) is 4.79 Å². The van der Waals surface area contributed by atoms with E-state index in [9.17, 15) is 9.59 Å². The second-order valence-corrected chi connectivity index (χ2v) is 9.25. The van der Waals surface area contributed by atoms with Crippen LogP contribution in [0.3, 0.4) is 0 Å². The van der Waals surface area contributed by atoms with Gasteiger partial charge in [-0.15, -0.1) is 0 Å². The Morgan fingerprint density at radius 2 is 1.91 bits per heavy atom. The van der Waals surface area contributed by atoms with Crippen LogP contribution in [0.1, 0.15) is 43.0 Å². The van der Waals surface area contributed by atoms with Crippen LogP contribution in [0.2, 0.25) is 0 Å². The molecule has 1 amide bonds. The van der Waals surface area contributed by atoms with Crippen LogP contribution in [0.25, 0.3) is 0 Å². The summed E-state index contributed by atoms with van der Waals surface area (Å²) >= 11 is 1.44. The number of amides is 1. The summed E-state index contributed by atoms with van der Waals surface area (Å²) in [5, 5.41) is 5.63. The first-order valence-electron chi connectivity index (χ1n) is 11.4. The molecule has 0 spiro atoms. The van der Waals surface area contributed by atoms with E-state index in [0.717, 1.165) is 27.7 Å². The number of thioether (sulfide) groups is 1. The fourth-order valence-corrected chi connectivity index (χ4v) is 5.12. The molecule has 0 aromatic heterocycles. The van der Waals surface area contributed by atoms with Crippen molar-refractivity contribution in [3.05, 3.63) is 81.5 Å². The normalized spacial score (nSPS) is 16.9. The Balaban J connectivity index is 1.67. The van der Waals surface area contributed by atoms with Gasteiger partial charge >= 0.3 is 5.97 Å². The zero-order valence-electron chi connectivity index (χ0n) is 20.5. The fraction of sp³-hybridized carbons (Fsp3) is 0.296. The highest BCUT2D eigenvalue weighted by Gasteiger charge is 2.41. The van der Waals surface area contributed by atoms with Crippen LogP contribution in [0.5, 0.6) is 5.75 Å². The third-order valence-corrected chi connectivity index (χ3v) is 6.93. The van der Waals surface area contributed by atoms with Crippen LogP contribution in [0, 0.1) is 13.8 Å². The molecule has 4 rings (SSSR count). The predicted molar refractivity (Wildman–Crippen MR) is 139 cm³/mol. The van der Waals surface area contributed by atoms with Crippen molar-refractivity contribution in [3.63, 3.8) is 0 Å². The van der Waals surface area contributed by atoms with Gasteiger partial charge < -0.3 is 19.7 Å². The van der Waals surface area contributed by atoms with E-state index in [0.29, 0.717) is 17.0 Å². The summed E-state index contributed by atoms with van der Waals surface area (Å²) in [5.74, 6) is 0.114. The number of fused-ring (bicyclic) bond motifs is 1. The molecule has 0 unspecified atom stereocenters. The van der Waals surface area contributed by atoms with Gasteiger partial charge in [-0.2, -0.15) is 0 Å². The SMILES string of the molecule is CCOC(=O)C1=C(C)N=C2SC=C(CC(=O)Nc3ccc(C)c(C)c3)N2[C@H]1c1cccc(OC)c1. The Kier molecular flexibility index (Phi) is 7.31. The molecule has 8 heteroatoms. The molecule has 0 radical (unpaired) electrons. The number of carbonyl (C=O) groups excluding carboxylic acids is 2. The van der Waals surface area contributed by atoms with Gasteiger partial charge in [0.1, 0.15) is 5.75 Å². The molecule has 1 atom stereocenters. The summed E-state index contributed by atoms with van der Waals surface area (Å²) in [4.78, 5) is 32.7. The summed E-state index contributed by atoms with van der Waals surface area (Å²) in [6, 6.07) is 12.9. The number of amidine groups is 1. The number of benzene rings is 2. The highest BCUT2D eigenvalue weighted by atomic mass is 32.2. The minimum absolute atomic E-state index is 0.133. The number of esters is 1. The van der Waals surface area contributed by atoms with Crippen LogP contribution in [0.4, 0.5) is 5.69 Å². The van der Waals surface area contributed by atoms with Crippen molar-refractivity contribution < 1.29 is 19.1 Å². The third kappa shape index (κ3) is 5.12. The standard InChI is InChI=1S/C27H29N3O4S/c1-6-34-26(32)24-18(4)28-27-30(25(24)19-8-7-9-22(13-19)33-5)21(15-35-27)14-23(31)29-20-11-10-16(2)17(3)12-20/h7-13,15,25H,6,14H2,1-5H3,(H,29,31)/t25-/m0/s1. The zero-order valence-corrected chi connectivity index (χ0v) is 21.4. The Morgan fingerprint density at radius 1 is 1.11 bits per heavy atom. The summed E-state index contributed by atoms with van der Waals surface area (Å²) in [7, 11) is 1.61. The molecule has 182 valence electrons. The highest BCUT2D eigenvalue weighted by Crippen LogP contribution is 2.45. The molecule has 0 aliphatic carbocycles. The fourth-order valence-electron chi connectivity index (χ4n) is 4.16. The maximum absolute atomic E-state index is 13.1. The number of hydrogen-bond acceptors (Lipinski definition) is 7. The smallest absolute Gasteiger partial charge is 0.338 e. The van der Waals surface area contributed by atoms with Gasteiger partial charge in [-0.25, -0.2) is 9.79 Å². The number of allylic oxidation sites excluding steroid dienone is 1. The lowest BCUT2D eigenvalue weighted by atomic mass is 9.93. The molecule has 1 N–H and O–H groups in total. The molecule has 0 bridgehead atoms. The number of rotatable bonds is 7. The Morgan fingerprint density at radius 3 is 2.63 bits per heavy atom. The number of carbonyl (C=O) groups is 2. The van der Waals surface area contributed by atoms with E-state index >= 15 is 0 Å². The Labute approximate surface area is 209 Å². The van der Waals surface area contributed by atoms with Crippen molar-refractivity contribution in [2.45, 2.75) is 40.2 Å². The van der Waals surface area contributed by atoms with Crippen LogP contribution in [-0.2, 0) is 14.3 Å². The van der Waals surface area contributed by atoms with E-state index in [1.807, 2.05) is 73.5 Å². The molecule has 7 nitrogen and oxygen atoms in total. The van der Waals surface area contributed by atoms with Crippen molar-refractivity contribution in [3.8, 4) is 5.75 Å². The topological polar surface area (TPSA) is 80.2 Å². The monoisotopic (exact) mass is 491 g/mol. The van der Waals surface area contributed by atoms with Gasteiger partial charge in [0, 0.05) is 11.4 Å². The first kappa shape index (κ1) is 24.6. The third-order valence-electron chi connectivity index (χ3n) is 6.04. The molecule has 2 aromatic carbocycles. The summed E-state index contributed by atoms with van der Waals surface area (Å²) in [6.45, 7) is 7.90. The Hall–Kier alpha value is -3.52. The maximum atomic E-state index is 13.1. The number of nitrogens with one attached hydrogen (secondary N) is 1. The van der Waals surface area contributed by atoms with Crippen LogP contribution in [-0.4, -0.2) is 35.7 Å². The quantitative estimate of drug-likeness (QED) is 0.517. The van der Waals surface area contributed by atoms with Crippen molar-refractivity contribution in [2.75, 3.05) is 19.0 Å². The molecule has 0 fully saturated rings. The molecule has 2 aliphatic rings. The Bertz CT molecular complexity index is 1260. The van der Waals surface area contributed by atoms with Gasteiger partial charge in [-0.1, -0.05) is 30.0 Å². The molecule has 0 saturated heterocycles. The van der Waals surface area contributed by atoms with E-state index in [-0.39, 0.29) is 18.9 Å². The van der Waals surface area contributed by atoms with E-state index in [1.165, 1.54) is 17.3 Å². The number of nitrogens with zero attached hydrogens (tertiary/aromatic N) is 2. The number of aliphatic imine (C=N–C) groups is 1. The average Bonchev–Trinajstić information content (AvgIpc) is 3.22. The molecule has 2 heterocycles. The van der Waals surface area contributed by atoms with Crippen molar-refractivity contribution in [1.29, 1.82) is 0 Å². The molecule has 0 saturated carbocycles. The predicted octanol–water partition coefficient (Wildman–Crippen LogP) is 5.48. The van der Waals surface area contributed by atoms with Crippen LogP contribution < -0.4 is 10.1 Å². The van der Waals surface area contributed by atoms with Crippen LogP contribution in [0.15, 0.2) is 69.8 Å². The van der Waals surface area contributed by atoms with Crippen molar-refractivity contribution in [2.24, 2.45) is 4.99 Å². The van der Waals surface area contributed by atoms with Gasteiger partial charge in [0.25, 0.3) is 0 Å². The summed E-state index contributed by atoms with van der Waals surface area (Å²) in [5.41, 5.74) is 5.70. The largest absolute Gasteiger partial charge is 0.497 e. The number of ether oxygens (including phenoxy) is 2. The van der Waals surface area contributed by atoms with Crippen molar-refractivity contribution in [1.82, 2.24) is 4.90 Å². The molecular formula is C27H29N3O4S. The maximum Gasteiger partial charge on any atom is 0.338 e.